The first-order chi connectivity index (χ1) is 22.8. The van der Waals surface area contributed by atoms with E-state index in [1.165, 1.54) is 0 Å². The SMILES string of the molecule is CC.CCN(CCN(CCNCC(=O)O)CC(=O)NCCN1C(=O)CC(SCC(=O)NCCCCCN)C1=O)CC(=O)O.NCC(=O)O. The largest absolute Gasteiger partial charge is 0.480 e. The topological polar surface area (TPSA) is 278 Å². The van der Waals surface area contributed by atoms with Gasteiger partial charge >= 0.3 is 17.9 Å². The van der Waals surface area contributed by atoms with Crippen LogP contribution < -0.4 is 27.4 Å². The quantitative estimate of drug-likeness (QED) is 0.0364. The van der Waals surface area contributed by atoms with E-state index in [0.717, 1.165) is 35.9 Å². The van der Waals surface area contributed by atoms with Crippen molar-refractivity contribution >= 4 is 53.3 Å². The summed E-state index contributed by atoms with van der Waals surface area (Å²) in [6.45, 7) is 8.35. The molecule has 0 aromatic heterocycles. The van der Waals surface area contributed by atoms with Crippen molar-refractivity contribution in [2.75, 3.05) is 90.8 Å². The molecule has 278 valence electrons. The minimum atomic E-state index is -1.00. The monoisotopic (exact) mass is 708 g/mol. The van der Waals surface area contributed by atoms with Gasteiger partial charge in [0.15, 0.2) is 0 Å². The summed E-state index contributed by atoms with van der Waals surface area (Å²) in [5.41, 5.74) is 10.0. The number of likely N-dealkylation sites (N-methyl/N-ethyl adjacent to an activating group) is 1. The lowest BCUT2D eigenvalue weighted by molar-refractivity contribution is -0.139. The molecular formula is C29H56N8O10S. The zero-order valence-corrected chi connectivity index (χ0v) is 29.2. The second-order valence-electron chi connectivity index (χ2n) is 10.1. The number of rotatable bonds is 25. The van der Waals surface area contributed by atoms with Gasteiger partial charge in [-0.15, -0.1) is 11.8 Å². The van der Waals surface area contributed by atoms with Gasteiger partial charge in [-0.1, -0.05) is 27.2 Å². The van der Waals surface area contributed by atoms with Crippen LogP contribution in [0.25, 0.3) is 0 Å². The number of hydrogen-bond acceptors (Lipinski definition) is 13. The Morgan fingerprint density at radius 1 is 0.833 bits per heavy atom. The van der Waals surface area contributed by atoms with Gasteiger partial charge in [0.25, 0.3) is 0 Å². The van der Waals surface area contributed by atoms with Crippen LogP contribution >= 0.6 is 11.8 Å². The molecule has 1 heterocycles. The fourth-order valence-corrected chi connectivity index (χ4v) is 5.00. The molecule has 0 saturated carbocycles. The smallest absolute Gasteiger partial charge is 0.317 e. The van der Waals surface area contributed by atoms with Gasteiger partial charge in [0.05, 0.1) is 37.2 Å². The number of hydrogen-bond donors (Lipinski definition) is 8. The molecule has 0 aromatic rings. The van der Waals surface area contributed by atoms with E-state index >= 15 is 0 Å². The molecule has 1 unspecified atom stereocenters. The molecular weight excluding hydrogens is 652 g/mol. The highest BCUT2D eigenvalue weighted by Gasteiger charge is 2.38. The van der Waals surface area contributed by atoms with E-state index in [1.54, 1.807) is 9.80 Å². The molecule has 1 saturated heterocycles. The van der Waals surface area contributed by atoms with Gasteiger partial charge in [0.2, 0.25) is 23.6 Å². The predicted molar refractivity (Wildman–Crippen MR) is 181 cm³/mol. The van der Waals surface area contributed by atoms with Crippen molar-refractivity contribution in [3.8, 4) is 0 Å². The summed E-state index contributed by atoms with van der Waals surface area (Å²) in [6.07, 6.45) is 2.66. The lowest BCUT2D eigenvalue weighted by Gasteiger charge is -2.26. The number of nitrogens with one attached hydrogen (secondary N) is 3. The van der Waals surface area contributed by atoms with Gasteiger partial charge in [0, 0.05) is 52.2 Å². The van der Waals surface area contributed by atoms with Crippen LogP contribution in [0.3, 0.4) is 0 Å². The summed E-state index contributed by atoms with van der Waals surface area (Å²) < 4.78 is 0. The van der Waals surface area contributed by atoms with Crippen LogP contribution in [0.1, 0.15) is 46.5 Å². The van der Waals surface area contributed by atoms with Crippen LogP contribution in [0.2, 0.25) is 0 Å². The number of unbranched alkanes of at least 4 members (excludes halogenated alkanes) is 2. The van der Waals surface area contributed by atoms with Crippen LogP contribution in [0.4, 0.5) is 0 Å². The first-order valence-electron chi connectivity index (χ1n) is 16.0. The normalized spacial score (nSPS) is 13.8. The summed E-state index contributed by atoms with van der Waals surface area (Å²) in [6, 6.07) is 0. The molecule has 1 aliphatic heterocycles. The lowest BCUT2D eigenvalue weighted by atomic mass is 10.2. The minimum Gasteiger partial charge on any atom is -0.480 e. The minimum absolute atomic E-state index is 0.00260. The predicted octanol–water partition coefficient (Wildman–Crippen LogP) is -2.35. The van der Waals surface area contributed by atoms with Crippen LogP contribution in [-0.2, 0) is 33.6 Å². The number of thioether (sulfide) groups is 1. The molecule has 0 radical (unpaired) electrons. The molecule has 1 fully saturated rings. The number of nitrogens with two attached hydrogens (primary N) is 2. The zero-order chi connectivity index (χ0) is 36.9. The van der Waals surface area contributed by atoms with Crippen LogP contribution in [0.15, 0.2) is 0 Å². The maximum Gasteiger partial charge on any atom is 0.317 e. The number of nitrogens with zero attached hydrogens (tertiary/aromatic N) is 3. The Morgan fingerprint density at radius 3 is 2.02 bits per heavy atom. The van der Waals surface area contributed by atoms with Crippen LogP contribution in [-0.4, -0.2) is 168 Å². The number of aliphatic carboxylic acids is 3. The summed E-state index contributed by atoms with van der Waals surface area (Å²) >= 11 is 1.13. The highest BCUT2D eigenvalue weighted by atomic mass is 32.2. The first kappa shape index (κ1) is 46.8. The number of carboxylic acid groups (broad SMARTS) is 3. The van der Waals surface area contributed by atoms with Crippen molar-refractivity contribution in [3.63, 3.8) is 0 Å². The fraction of sp³-hybridized carbons (Fsp3) is 0.759. The van der Waals surface area contributed by atoms with Crippen molar-refractivity contribution in [1.29, 1.82) is 0 Å². The average Bonchev–Trinajstić information content (AvgIpc) is 3.32. The molecule has 0 aromatic carbocycles. The molecule has 10 N–H and O–H groups in total. The van der Waals surface area contributed by atoms with Crippen molar-refractivity contribution in [1.82, 2.24) is 30.7 Å². The van der Waals surface area contributed by atoms with Crippen molar-refractivity contribution in [2.45, 2.75) is 51.7 Å². The molecule has 18 nitrogen and oxygen atoms in total. The third kappa shape index (κ3) is 24.8. The van der Waals surface area contributed by atoms with Crippen molar-refractivity contribution in [3.05, 3.63) is 0 Å². The maximum atomic E-state index is 12.7. The number of carbonyl (C=O) groups excluding carboxylic acids is 4. The van der Waals surface area contributed by atoms with Crippen LogP contribution in [0.5, 0.6) is 0 Å². The van der Waals surface area contributed by atoms with Gasteiger partial charge in [-0.05, 0) is 25.9 Å². The fourth-order valence-electron chi connectivity index (χ4n) is 4.01. The van der Waals surface area contributed by atoms with E-state index in [4.69, 9.17) is 21.1 Å². The third-order valence-electron chi connectivity index (χ3n) is 6.44. The molecule has 4 amide bonds. The van der Waals surface area contributed by atoms with Gasteiger partial charge in [0.1, 0.15) is 0 Å². The number of amides is 4. The maximum absolute atomic E-state index is 12.7. The molecule has 48 heavy (non-hydrogen) atoms. The summed E-state index contributed by atoms with van der Waals surface area (Å²) in [7, 11) is 0. The highest BCUT2D eigenvalue weighted by molar-refractivity contribution is 8.01. The second kappa shape index (κ2) is 29.8. The van der Waals surface area contributed by atoms with E-state index in [1.807, 2.05) is 20.8 Å². The Kier molecular flexibility index (Phi) is 29.0. The highest BCUT2D eigenvalue weighted by Crippen LogP contribution is 2.24. The van der Waals surface area contributed by atoms with Crippen LogP contribution in [0, 0.1) is 0 Å². The van der Waals surface area contributed by atoms with Crippen molar-refractivity contribution in [2.24, 2.45) is 11.5 Å². The number of likely N-dealkylation sites (tertiary alicyclic amines) is 1. The third-order valence-corrected chi connectivity index (χ3v) is 7.64. The Labute approximate surface area is 286 Å². The molecule has 1 rings (SSSR count). The van der Waals surface area contributed by atoms with E-state index in [2.05, 4.69) is 21.7 Å². The van der Waals surface area contributed by atoms with Gasteiger partial charge in [-0.25, -0.2) is 0 Å². The lowest BCUT2D eigenvalue weighted by Crippen LogP contribution is -2.46. The molecule has 0 spiro atoms. The molecule has 0 bridgehead atoms. The molecule has 19 heteroatoms. The van der Waals surface area contributed by atoms with Gasteiger partial charge in [-0.3, -0.25) is 48.3 Å². The standard InChI is InChI=1S/C25H45N7O8S.C2H5NO2.C2H6/c1-2-30(17-24(38)39)12-13-31(10-8-27-15-23(36)37)16-20(33)29-9-11-32-22(35)14-19(25(32)40)41-18-21(34)28-7-5-3-4-6-26;3-1-2(4)5;1-2/h19,27H,2-18,26H2,1H3,(H,28,34)(H,29,33)(H,36,37)(H,38,39);1,3H2,(H,4,5);1-2H3. The number of carboxylic acids is 3. The van der Waals surface area contributed by atoms with E-state index in [-0.39, 0.29) is 75.1 Å². The molecule has 1 atom stereocenters. The van der Waals surface area contributed by atoms with Crippen molar-refractivity contribution < 1.29 is 48.9 Å². The number of imide groups is 1. The Balaban J connectivity index is 0. The van der Waals surface area contributed by atoms with Gasteiger partial charge < -0.3 is 42.7 Å². The summed E-state index contributed by atoms with van der Waals surface area (Å²) in [5, 5.41) is 33.0. The zero-order valence-electron chi connectivity index (χ0n) is 28.4. The number of carbonyl (C=O) groups is 7. The Morgan fingerprint density at radius 2 is 1.46 bits per heavy atom. The van der Waals surface area contributed by atoms with Gasteiger partial charge in [-0.2, -0.15) is 0 Å². The second-order valence-corrected chi connectivity index (χ2v) is 11.3. The van der Waals surface area contributed by atoms with E-state index < -0.39 is 23.2 Å². The summed E-state index contributed by atoms with van der Waals surface area (Å²) in [4.78, 5) is 85.3. The first-order valence-corrected chi connectivity index (χ1v) is 17.1. The Hall–Kier alpha value is -3.36. The average molecular weight is 709 g/mol. The molecule has 0 aliphatic carbocycles. The summed E-state index contributed by atoms with van der Waals surface area (Å²) in [5.74, 6) is -4.13. The van der Waals surface area contributed by atoms with E-state index in [9.17, 15) is 33.6 Å². The Bertz CT molecular complexity index is 992. The van der Waals surface area contributed by atoms with E-state index in [0.29, 0.717) is 45.8 Å². The molecule has 1 aliphatic rings.